The molecule has 3 aromatic rings. The molecule has 1 N–H and O–H groups in total. The lowest BCUT2D eigenvalue weighted by molar-refractivity contribution is 0.0785. The molecule has 0 aliphatic heterocycles. The molecule has 0 fully saturated rings. The van der Waals surface area contributed by atoms with Crippen LogP contribution in [0, 0.1) is 20.8 Å². The summed E-state index contributed by atoms with van der Waals surface area (Å²) in [5, 5.41) is 0.627. The highest BCUT2D eigenvalue weighted by Crippen LogP contribution is 2.23. The molecule has 3 aromatic carbocycles. The van der Waals surface area contributed by atoms with E-state index in [-0.39, 0.29) is 10.8 Å². The second-order valence-electron chi connectivity index (χ2n) is 7.67. The summed E-state index contributed by atoms with van der Waals surface area (Å²) in [6.07, 6.45) is 0. The zero-order chi connectivity index (χ0) is 22.8. The fourth-order valence-corrected chi connectivity index (χ4v) is 4.64. The van der Waals surface area contributed by atoms with Crippen LogP contribution in [0.4, 0.5) is 5.69 Å². The van der Waals surface area contributed by atoms with Gasteiger partial charge in [-0.1, -0.05) is 35.9 Å². The summed E-state index contributed by atoms with van der Waals surface area (Å²) < 4.78 is 28.7. The van der Waals surface area contributed by atoms with E-state index in [1.54, 1.807) is 55.3 Å². The molecule has 0 aromatic heterocycles. The minimum atomic E-state index is -3.85. The Bertz CT molecular complexity index is 1220. The van der Waals surface area contributed by atoms with Crippen LogP contribution in [0.25, 0.3) is 0 Å². The van der Waals surface area contributed by atoms with Crippen LogP contribution < -0.4 is 4.72 Å². The molecule has 1 amide bonds. The van der Waals surface area contributed by atoms with E-state index in [0.717, 1.165) is 16.7 Å². The van der Waals surface area contributed by atoms with Crippen LogP contribution in [0.3, 0.4) is 0 Å². The highest BCUT2D eigenvalue weighted by atomic mass is 35.5. The van der Waals surface area contributed by atoms with Gasteiger partial charge in [0.2, 0.25) is 0 Å². The van der Waals surface area contributed by atoms with Crippen molar-refractivity contribution in [1.82, 2.24) is 4.90 Å². The number of carbonyl (C=O) groups excluding carboxylic acids is 1. The summed E-state index contributed by atoms with van der Waals surface area (Å²) in [4.78, 5) is 14.6. The van der Waals surface area contributed by atoms with Gasteiger partial charge in [0.05, 0.1) is 4.90 Å². The molecule has 0 heterocycles. The van der Waals surface area contributed by atoms with Crippen molar-refractivity contribution in [2.75, 3.05) is 11.8 Å². The smallest absolute Gasteiger partial charge is 0.262 e. The van der Waals surface area contributed by atoms with Crippen molar-refractivity contribution in [2.45, 2.75) is 32.2 Å². The zero-order valence-electron chi connectivity index (χ0n) is 17.9. The second-order valence-corrected chi connectivity index (χ2v) is 9.76. The average molecular weight is 457 g/mol. The van der Waals surface area contributed by atoms with Gasteiger partial charge in [-0.3, -0.25) is 9.52 Å². The number of anilines is 1. The summed E-state index contributed by atoms with van der Waals surface area (Å²) in [6.45, 7) is 5.98. The topological polar surface area (TPSA) is 66.5 Å². The highest BCUT2D eigenvalue weighted by molar-refractivity contribution is 7.92. The van der Waals surface area contributed by atoms with E-state index >= 15 is 0 Å². The van der Waals surface area contributed by atoms with Gasteiger partial charge in [-0.2, -0.15) is 0 Å². The maximum atomic E-state index is 13.0. The van der Waals surface area contributed by atoms with Crippen LogP contribution in [0.15, 0.2) is 65.6 Å². The summed E-state index contributed by atoms with van der Waals surface area (Å²) in [5.74, 6) is -0.266. The first-order valence-corrected chi connectivity index (χ1v) is 11.6. The maximum Gasteiger partial charge on any atom is 0.262 e. The number of nitrogens with one attached hydrogen (secondary N) is 1. The van der Waals surface area contributed by atoms with Gasteiger partial charge in [0.15, 0.2) is 0 Å². The monoisotopic (exact) mass is 456 g/mol. The van der Waals surface area contributed by atoms with E-state index in [1.165, 1.54) is 6.07 Å². The molecule has 31 heavy (non-hydrogen) atoms. The number of nitrogens with zero attached hydrogens (tertiary/aromatic N) is 1. The molecule has 0 saturated carbocycles. The molecule has 3 rings (SSSR count). The summed E-state index contributed by atoms with van der Waals surface area (Å²) in [6, 6.07) is 17.3. The van der Waals surface area contributed by atoms with Crippen LogP contribution in [0.5, 0.6) is 0 Å². The second kappa shape index (κ2) is 9.12. The summed E-state index contributed by atoms with van der Waals surface area (Å²) in [5.41, 5.74) is 4.35. The van der Waals surface area contributed by atoms with Crippen molar-refractivity contribution in [3.8, 4) is 0 Å². The Morgan fingerprint density at radius 3 is 2.19 bits per heavy atom. The predicted molar refractivity (Wildman–Crippen MR) is 125 cm³/mol. The molecule has 5 nitrogen and oxygen atoms in total. The molecule has 0 saturated heterocycles. The van der Waals surface area contributed by atoms with E-state index in [9.17, 15) is 13.2 Å². The van der Waals surface area contributed by atoms with Gasteiger partial charge in [-0.25, -0.2) is 8.42 Å². The average Bonchev–Trinajstić information content (AvgIpc) is 2.72. The fourth-order valence-electron chi connectivity index (χ4n) is 3.19. The Hall–Kier alpha value is -2.83. The first-order chi connectivity index (χ1) is 14.6. The van der Waals surface area contributed by atoms with Crippen LogP contribution >= 0.6 is 11.6 Å². The molecule has 0 unspecified atom stereocenters. The number of benzene rings is 3. The first-order valence-electron chi connectivity index (χ1n) is 9.77. The lowest BCUT2D eigenvalue weighted by atomic mass is 10.1. The Balaban J connectivity index is 1.85. The summed E-state index contributed by atoms with van der Waals surface area (Å²) >= 11 is 5.91. The zero-order valence-corrected chi connectivity index (χ0v) is 19.5. The van der Waals surface area contributed by atoms with Gasteiger partial charge in [-0.05, 0) is 79.4 Å². The van der Waals surface area contributed by atoms with E-state index in [4.69, 9.17) is 11.6 Å². The number of sulfonamides is 1. The third-order valence-electron chi connectivity index (χ3n) is 5.16. The predicted octanol–water partition coefficient (Wildman–Crippen LogP) is 5.34. The standard InChI is InChI=1S/C24H25ClN2O3S/c1-16-6-12-22(13-18(16)3)26-31(29,30)23-14-20(9-5-17(23)2)24(28)27(4)15-19-7-10-21(25)11-8-19/h5-14,26H,15H2,1-4H3. The number of rotatable bonds is 6. The Morgan fingerprint density at radius 2 is 1.55 bits per heavy atom. The lowest BCUT2D eigenvalue weighted by Gasteiger charge is -2.19. The number of carbonyl (C=O) groups is 1. The minimum absolute atomic E-state index is 0.0801. The number of amides is 1. The fraction of sp³-hybridized carbons (Fsp3) is 0.208. The molecule has 7 heteroatoms. The van der Waals surface area contributed by atoms with Crippen LogP contribution in [0.2, 0.25) is 5.02 Å². The van der Waals surface area contributed by atoms with Crippen molar-refractivity contribution >= 4 is 33.2 Å². The molecule has 0 spiro atoms. The largest absolute Gasteiger partial charge is 0.337 e. The number of hydrogen-bond acceptors (Lipinski definition) is 3. The van der Waals surface area contributed by atoms with Gasteiger partial charge in [0.1, 0.15) is 0 Å². The number of hydrogen-bond donors (Lipinski definition) is 1. The lowest BCUT2D eigenvalue weighted by Crippen LogP contribution is -2.26. The molecule has 0 radical (unpaired) electrons. The van der Waals surface area contributed by atoms with Gasteiger partial charge in [-0.15, -0.1) is 0 Å². The van der Waals surface area contributed by atoms with Crippen molar-refractivity contribution in [2.24, 2.45) is 0 Å². The highest BCUT2D eigenvalue weighted by Gasteiger charge is 2.21. The Morgan fingerprint density at radius 1 is 0.903 bits per heavy atom. The molecule has 0 aliphatic rings. The van der Waals surface area contributed by atoms with Crippen molar-refractivity contribution in [3.05, 3.63) is 93.5 Å². The Labute approximate surface area is 188 Å². The maximum absolute atomic E-state index is 13.0. The molecule has 0 bridgehead atoms. The molecular formula is C24H25ClN2O3S. The quantitative estimate of drug-likeness (QED) is 0.544. The van der Waals surface area contributed by atoms with Gasteiger partial charge >= 0.3 is 0 Å². The van der Waals surface area contributed by atoms with Crippen molar-refractivity contribution < 1.29 is 13.2 Å². The molecule has 162 valence electrons. The third-order valence-corrected chi connectivity index (χ3v) is 6.94. The molecular weight excluding hydrogens is 432 g/mol. The van der Waals surface area contributed by atoms with Gasteiger partial charge < -0.3 is 4.90 Å². The normalized spacial score (nSPS) is 11.3. The van der Waals surface area contributed by atoms with E-state index in [2.05, 4.69) is 4.72 Å². The summed E-state index contributed by atoms with van der Waals surface area (Å²) in [7, 11) is -2.18. The molecule has 0 aliphatic carbocycles. The van der Waals surface area contributed by atoms with E-state index in [1.807, 2.05) is 32.0 Å². The first kappa shape index (κ1) is 22.8. The van der Waals surface area contributed by atoms with Crippen LogP contribution in [-0.2, 0) is 16.6 Å². The molecule has 0 atom stereocenters. The van der Waals surface area contributed by atoms with Gasteiger partial charge in [0, 0.05) is 29.9 Å². The van der Waals surface area contributed by atoms with Crippen LogP contribution in [-0.4, -0.2) is 26.3 Å². The minimum Gasteiger partial charge on any atom is -0.337 e. The number of halogens is 1. The van der Waals surface area contributed by atoms with Crippen molar-refractivity contribution in [3.63, 3.8) is 0 Å². The van der Waals surface area contributed by atoms with E-state index < -0.39 is 10.0 Å². The van der Waals surface area contributed by atoms with E-state index in [0.29, 0.717) is 28.4 Å². The third kappa shape index (κ3) is 5.46. The SMILES string of the molecule is Cc1ccc(NS(=O)(=O)c2cc(C(=O)N(C)Cc3ccc(Cl)cc3)ccc2C)cc1C. The number of aryl methyl sites for hydroxylation is 3. The van der Waals surface area contributed by atoms with Crippen molar-refractivity contribution in [1.29, 1.82) is 0 Å². The van der Waals surface area contributed by atoms with Crippen LogP contribution in [0.1, 0.15) is 32.6 Å². The van der Waals surface area contributed by atoms with Gasteiger partial charge in [0.25, 0.3) is 15.9 Å². The Kier molecular flexibility index (Phi) is 6.72.